The Morgan fingerprint density at radius 1 is 1.18 bits per heavy atom. The van der Waals surface area contributed by atoms with Gasteiger partial charge in [-0.2, -0.15) is 0 Å². The first-order valence-corrected chi connectivity index (χ1v) is 9.57. The summed E-state index contributed by atoms with van der Waals surface area (Å²) in [6.45, 7) is 4.56. The molecular formula is C20H24N4O4. The maximum absolute atomic E-state index is 13.0. The van der Waals surface area contributed by atoms with Gasteiger partial charge in [-0.25, -0.2) is 4.79 Å². The summed E-state index contributed by atoms with van der Waals surface area (Å²) in [6, 6.07) is 6.71. The molecule has 1 aromatic carbocycles. The molecule has 1 amide bonds. The first-order valence-electron chi connectivity index (χ1n) is 9.57. The number of amides is 1. The molecule has 4 rings (SSSR count). The van der Waals surface area contributed by atoms with Gasteiger partial charge in [-0.3, -0.25) is 4.79 Å². The molecule has 3 heterocycles. The van der Waals surface area contributed by atoms with Gasteiger partial charge in [-0.05, 0) is 38.0 Å². The third-order valence-corrected chi connectivity index (χ3v) is 5.45. The van der Waals surface area contributed by atoms with Crippen molar-refractivity contribution in [2.45, 2.75) is 38.3 Å². The van der Waals surface area contributed by atoms with Crippen molar-refractivity contribution in [3.63, 3.8) is 0 Å². The van der Waals surface area contributed by atoms with Crippen molar-refractivity contribution in [2.24, 2.45) is 0 Å². The zero-order valence-corrected chi connectivity index (χ0v) is 16.1. The molecule has 1 fully saturated rings. The van der Waals surface area contributed by atoms with Crippen LogP contribution in [-0.2, 0) is 16.0 Å². The lowest BCUT2D eigenvalue weighted by molar-refractivity contribution is 0.0600. The molecule has 1 saturated heterocycles. The van der Waals surface area contributed by atoms with E-state index in [4.69, 9.17) is 9.47 Å². The normalized spacial score (nSPS) is 19.9. The summed E-state index contributed by atoms with van der Waals surface area (Å²) in [5.41, 5.74) is 0.830. The molecule has 8 nitrogen and oxygen atoms in total. The predicted octanol–water partition coefficient (Wildman–Crippen LogP) is 2.18. The van der Waals surface area contributed by atoms with Gasteiger partial charge in [-0.15, -0.1) is 10.2 Å². The Morgan fingerprint density at radius 3 is 2.68 bits per heavy atom. The molecule has 0 saturated carbocycles. The van der Waals surface area contributed by atoms with Crippen LogP contribution in [0.2, 0.25) is 0 Å². The Morgan fingerprint density at radius 2 is 1.93 bits per heavy atom. The molecule has 2 aromatic rings. The second-order valence-corrected chi connectivity index (χ2v) is 7.34. The summed E-state index contributed by atoms with van der Waals surface area (Å²) < 4.78 is 12.4. The van der Waals surface area contributed by atoms with Crippen LogP contribution < -0.4 is 0 Å². The number of aromatic nitrogens is 3. The Hall–Kier alpha value is -2.74. The predicted molar refractivity (Wildman–Crippen MR) is 100 cm³/mol. The van der Waals surface area contributed by atoms with Gasteiger partial charge in [0.2, 0.25) is 0 Å². The maximum Gasteiger partial charge on any atom is 0.337 e. The number of ether oxygens (including phenoxy) is 2. The number of fused-ring (bicyclic) bond motifs is 1. The molecule has 8 heteroatoms. The molecule has 0 radical (unpaired) electrons. The van der Waals surface area contributed by atoms with Crippen LogP contribution in [0.15, 0.2) is 24.3 Å². The van der Waals surface area contributed by atoms with Gasteiger partial charge in [0.05, 0.1) is 25.3 Å². The summed E-state index contributed by atoms with van der Waals surface area (Å²) in [4.78, 5) is 26.5. The number of carbonyl (C=O) groups excluding carboxylic acids is 2. The smallest absolute Gasteiger partial charge is 0.337 e. The molecule has 0 unspecified atom stereocenters. The quantitative estimate of drug-likeness (QED) is 0.754. The lowest BCUT2D eigenvalue weighted by Crippen LogP contribution is -2.41. The monoisotopic (exact) mass is 384 g/mol. The van der Waals surface area contributed by atoms with Gasteiger partial charge < -0.3 is 18.9 Å². The van der Waals surface area contributed by atoms with E-state index < -0.39 is 5.97 Å². The zero-order valence-electron chi connectivity index (χ0n) is 16.1. The fourth-order valence-electron chi connectivity index (χ4n) is 4.03. The second kappa shape index (κ2) is 7.71. The highest BCUT2D eigenvalue weighted by atomic mass is 16.5. The molecule has 2 aliphatic rings. The van der Waals surface area contributed by atoms with Gasteiger partial charge in [-0.1, -0.05) is 6.07 Å². The largest absolute Gasteiger partial charge is 0.465 e. The number of esters is 1. The number of benzene rings is 1. The van der Waals surface area contributed by atoms with Gasteiger partial charge >= 0.3 is 5.97 Å². The van der Waals surface area contributed by atoms with Crippen molar-refractivity contribution in [1.82, 2.24) is 19.7 Å². The number of rotatable bonds is 3. The molecule has 0 bridgehead atoms. The SMILES string of the molecule is COC(=O)c1cccc(C(=O)N2Cc3nnc(C4CCOCC4)n3[C@@H](C)C2)c1. The summed E-state index contributed by atoms with van der Waals surface area (Å²) >= 11 is 0. The third kappa shape index (κ3) is 3.40. The Bertz CT molecular complexity index is 888. The third-order valence-electron chi connectivity index (χ3n) is 5.45. The zero-order chi connectivity index (χ0) is 19.7. The Balaban J connectivity index is 1.55. The number of carbonyl (C=O) groups is 2. The molecule has 1 aromatic heterocycles. The van der Waals surface area contributed by atoms with Crippen molar-refractivity contribution in [3.05, 3.63) is 47.0 Å². The summed E-state index contributed by atoms with van der Waals surface area (Å²) in [5, 5.41) is 8.82. The highest BCUT2D eigenvalue weighted by Crippen LogP contribution is 2.31. The standard InChI is InChI=1S/C20H24N4O4/c1-13-11-23(19(25)15-4-3-5-16(10-15)20(26)27-2)12-17-21-22-18(24(13)17)14-6-8-28-9-7-14/h3-5,10,13-14H,6-9,11-12H2,1-2H3/t13-/m0/s1. The first-order chi connectivity index (χ1) is 13.6. The molecular weight excluding hydrogens is 360 g/mol. The van der Waals surface area contributed by atoms with Crippen LogP contribution in [0, 0.1) is 0 Å². The van der Waals surface area contributed by atoms with Gasteiger partial charge in [0.15, 0.2) is 5.82 Å². The van der Waals surface area contributed by atoms with E-state index >= 15 is 0 Å². The topological polar surface area (TPSA) is 86.6 Å². The molecule has 0 N–H and O–H groups in total. The number of hydrogen-bond acceptors (Lipinski definition) is 6. The van der Waals surface area contributed by atoms with E-state index in [1.807, 2.05) is 0 Å². The highest BCUT2D eigenvalue weighted by molar-refractivity contribution is 5.97. The van der Waals surface area contributed by atoms with Crippen molar-refractivity contribution in [3.8, 4) is 0 Å². The summed E-state index contributed by atoms with van der Waals surface area (Å²) in [5.74, 6) is 1.58. The highest BCUT2D eigenvalue weighted by Gasteiger charge is 2.32. The van der Waals surface area contributed by atoms with Crippen molar-refractivity contribution >= 4 is 11.9 Å². The number of methoxy groups -OCH3 is 1. The minimum Gasteiger partial charge on any atom is -0.465 e. The average molecular weight is 384 g/mol. The van der Waals surface area contributed by atoms with Crippen LogP contribution in [0.1, 0.15) is 64.1 Å². The minimum absolute atomic E-state index is 0.0873. The second-order valence-electron chi connectivity index (χ2n) is 7.34. The van der Waals surface area contributed by atoms with E-state index in [9.17, 15) is 9.59 Å². The fourth-order valence-corrected chi connectivity index (χ4v) is 4.03. The molecule has 0 spiro atoms. The minimum atomic E-state index is -0.456. The maximum atomic E-state index is 13.0. The van der Waals surface area contributed by atoms with E-state index in [0.717, 1.165) is 37.7 Å². The van der Waals surface area contributed by atoms with E-state index in [0.29, 0.717) is 30.1 Å². The van der Waals surface area contributed by atoms with Crippen LogP contribution in [0.4, 0.5) is 0 Å². The molecule has 2 aliphatic heterocycles. The van der Waals surface area contributed by atoms with Crippen molar-refractivity contribution in [2.75, 3.05) is 26.9 Å². The van der Waals surface area contributed by atoms with Gasteiger partial charge in [0, 0.05) is 31.2 Å². The van der Waals surface area contributed by atoms with E-state index in [2.05, 4.69) is 21.7 Å². The Labute approximate surface area is 163 Å². The fraction of sp³-hybridized carbons (Fsp3) is 0.500. The van der Waals surface area contributed by atoms with Crippen molar-refractivity contribution < 1.29 is 19.1 Å². The van der Waals surface area contributed by atoms with Crippen LogP contribution in [0.25, 0.3) is 0 Å². The van der Waals surface area contributed by atoms with Crippen LogP contribution in [0.3, 0.4) is 0 Å². The average Bonchev–Trinajstić information content (AvgIpc) is 3.18. The van der Waals surface area contributed by atoms with E-state index in [1.165, 1.54) is 7.11 Å². The molecule has 0 aliphatic carbocycles. The van der Waals surface area contributed by atoms with Crippen molar-refractivity contribution in [1.29, 1.82) is 0 Å². The van der Waals surface area contributed by atoms with E-state index in [1.54, 1.807) is 29.2 Å². The lowest BCUT2D eigenvalue weighted by Gasteiger charge is -2.34. The Kier molecular flexibility index (Phi) is 5.13. The molecule has 28 heavy (non-hydrogen) atoms. The molecule has 1 atom stereocenters. The van der Waals surface area contributed by atoms with Gasteiger partial charge in [0.1, 0.15) is 5.82 Å². The van der Waals surface area contributed by atoms with Crippen LogP contribution in [-0.4, -0.2) is 58.4 Å². The van der Waals surface area contributed by atoms with E-state index in [-0.39, 0.29) is 11.9 Å². The van der Waals surface area contributed by atoms with Gasteiger partial charge in [0.25, 0.3) is 5.91 Å². The number of hydrogen-bond donors (Lipinski definition) is 0. The lowest BCUT2D eigenvalue weighted by atomic mass is 9.98. The van der Waals surface area contributed by atoms with Crippen LogP contribution >= 0.6 is 0 Å². The molecule has 148 valence electrons. The number of nitrogens with zero attached hydrogens (tertiary/aromatic N) is 4. The van der Waals surface area contributed by atoms with Crippen LogP contribution in [0.5, 0.6) is 0 Å². The summed E-state index contributed by atoms with van der Waals surface area (Å²) in [7, 11) is 1.33. The summed E-state index contributed by atoms with van der Waals surface area (Å²) in [6.07, 6.45) is 1.90. The first kappa shape index (κ1) is 18.6.